The number of halogens is 2. The zero-order valence-electron chi connectivity index (χ0n) is 4.79. The minimum absolute atomic E-state index is 0. The van der Waals surface area contributed by atoms with Crippen molar-refractivity contribution < 1.29 is 16.7 Å². The first-order chi connectivity index (χ1) is 3.31. The van der Waals surface area contributed by atoms with Crippen LogP contribution in [0.4, 0.5) is 0 Å². The maximum Gasteiger partial charge on any atom is 0.0745 e. The Kier molecular flexibility index (Phi) is 11.5. The molecule has 0 aliphatic heterocycles. The molecule has 0 aliphatic rings. The Bertz CT molecular complexity index is 45.0. The van der Waals surface area contributed by atoms with Crippen LogP contribution in [0, 0.1) is 0 Å². The van der Waals surface area contributed by atoms with Crippen molar-refractivity contribution in [3.63, 3.8) is 0 Å². The van der Waals surface area contributed by atoms with Crippen LogP contribution in [0.5, 0.6) is 0 Å². The summed E-state index contributed by atoms with van der Waals surface area (Å²) in [6, 6.07) is 0. The van der Waals surface area contributed by atoms with Crippen molar-refractivity contribution in [2.24, 2.45) is 0 Å². The van der Waals surface area contributed by atoms with Gasteiger partial charge in [0.25, 0.3) is 0 Å². The van der Waals surface area contributed by atoms with Gasteiger partial charge in [-0.2, -0.15) is 0 Å². The van der Waals surface area contributed by atoms with Gasteiger partial charge in [-0.05, 0) is 6.92 Å². The van der Waals surface area contributed by atoms with E-state index in [9.17, 15) is 0 Å². The predicted octanol–water partition coefficient (Wildman–Crippen LogP) is -3.40. The molecule has 52 valence electrons. The van der Waals surface area contributed by atoms with Gasteiger partial charge < -0.3 is 29.5 Å². The van der Waals surface area contributed by atoms with Crippen LogP contribution in [-0.2, 0) is 12.8 Å². The lowest BCUT2D eigenvalue weighted by Gasteiger charge is -2.19. The molecule has 0 rings (SSSR count). The van der Waals surface area contributed by atoms with Crippen LogP contribution in [0.1, 0.15) is 6.92 Å². The average Bonchev–Trinajstić information content (AvgIpc) is 1.68. The molecule has 1 nitrogen and oxygen atoms in total. The van der Waals surface area contributed by atoms with E-state index >= 15 is 0 Å². The minimum Gasteiger partial charge on any atom is -1.00 e. The summed E-state index contributed by atoms with van der Waals surface area (Å²) in [5, 5.41) is 0. The fourth-order valence-corrected chi connectivity index (χ4v) is 0.724. The minimum atomic E-state index is 0. The van der Waals surface area contributed by atoms with Crippen molar-refractivity contribution in [1.82, 2.24) is 0 Å². The highest BCUT2D eigenvalue weighted by molar-refractivity contribution is 7.51. The third kappa shape index (κ3) is 6.89. The van der Waals surface area contributed by atoms with E-state index in [-0.39, 0.29) is 12.4 Å². The predicted molar refractivity (Wildman–Crippen MR) is 34.5 cm³/mol. The van der Waals surface area contributed by atoms with Gasteiger partial charge in [0.2, 0.25) is 0 Å². The maximum absolute atomic E-state index is 5.39. The van der Waals surface area contributed by atoms with Crippen LogP contribution in [0.3, 0.4) is 0 Å². The summed E-state index contributed by atoms with van der Waals surface area (Å²) >= 11 is 10.3. The van der Waals surface area contributed by atoms with Crippen LogP contribution in [0.2, 0.25) is 0 Å². The Hall–Kier alpha value is 0.890. The highest BCUT2D eigenvalue weighted by Crippen LogP contribution is 1.62. The number of nitrogens with one attached hydrogen (secondary N) is 1. The molecule has 1 atom stereocenters. The maximum atomic E-state index is 5.39. The van der Waals surface area contributed by atoms with Gasteiger partial charge in [0.1, 0.15) is 0 Å². The first kappa shape index (κ1) is 11.7. The summed E-state index contributed by atoms with van der Waals surface area (Å²) in [6.07, 6.45) is 0. The Morgan fingerprint density at radius 2 is 2.12 bits per heavy atom. The fourth-order valence-electron chi connectivity index (χ4n) is 0.282. The monoisotopic (exact) mass is 174 g/mol. The van der Waals surface area contributed by atoms with E-state index in [0.717, 1.165) is 17.4 Å². The number of rotatable bonds is 3. The van der Waals surface area contributed by atoms with Gasteiger partial charge in [0.15, 0.2) is 0 Å². The smallest absolute Gasteiger partial charge is 0.0745 e. The first-order valence-corrected chi connectivity index (χ1v) is 3.33. The molecule has 0 bridgehead atoms. The van der Waals surface area contributed by atoms with Crippen molar-refractivity contribution in [1.29, 1.82) is 0 Å². The molecule has 4 heteroatoms. The fraction of sp³-hybridized carbons (Fsp3) is 1.00. The second kappa shape index (κ2) is 7.89. The van der Waals surface area contributed by atoms with Gasteiger partial charge in [-0.15, -0.1) is 11.6 Å². The number of hydrogen-bond acceptors (Lipinski definition) is 1. The van der Waals surface area contributed by atoms with E-state index in [1.165, 1.54) is 0 Å². The second-order valence-electron chi connectivity index (χ2n) is 1.33. The standard InChI is InChI=1S/C4H10ClNS.ClH/c1-2-6(7)4-3-5;/h6H,2-4H2,1H3;1H/p-1. The Morgan fingerprint density at radius 3 is 2.25 bits per heavy atom. The van der Waals surface area contributed by atoms with E-state index in [1.807, 2.05) is 0 Å². The zero-order valence-corrected chi connectivity index (χ0v) is 7.11. The molecule has 1 N–H and O–H groups in total. The molecular weight excluding hydrogens is 165 g/mol. The third-order valence-corrected chi connectivity index (χ3v) is 1.45. The molecule has 1 unspecified atom stereocenters. The van der Waals surface area contributed by atoms with E-state index in [4.69, 9.17) is 24.4 Å². The third-order valence-electron chi connectivity index (χ3n) is 0.768. The Labute approximate surface area is 67.3 Å². The van der Waals surface area contributed by atoms with E-state index in [2.05, 4.69) is 6.92 Å². The molecule has 8 heavy (non-hydrogen) atoms. The summed E-state index contributed by atoms with van der Waals surface area (Å²) in [5.41, 5.74) is 0. The van der Waals surface area contributed by atoms with Crippen LogP contribution in [-0.4, -0.2) is 19.0 Å². The summed E-state index contributed by atoms with van der Waals surface area (Å²) < 4.78 is 1.08. The second-order valence-corrected chi connectivity index (χ2v) is 2.29. The van der Waals surface area contributed by atoms with Gasteiger partial charge in [0.05, 0.1) is 19.0 Å². The number of hydrogen-bond donors (Lipinski definition) is 1. The summed E-state index contributed by atoms with van der Waals surface area (Å²) in [5.74, 6) is 0.673. The normalized spacial score (nSPS) is 12.4. The van der Waals surface area contributed by atoms with Gasteiger partial charge in [-0.1, -0.05) is 0 Å². The Morgan fingerprint density at radius 1 is 1.62 bits per heavy atom. The zero-order chi connectivity index (χ0) is 5.70. The SMILES string of the molecule is CC[NH+]([S-])CCCl.[Cl-]. The van der Waals surface area contributed by atoms with Crippen molar-refractivity contribution >= 4 is 24.4 Å². The van der Waals surface area contributed by atoms with E-state index in [1.54, 1.807) is 0 Å². The lowest BCUT2D eigenvalue weighted by molar-refractivity contribution is -0.748. The lowest BCUT2D eigenvalue weighted by Crippen LogP contribution is -3.07. The van der Waals surface area contributed by atoms with Gasteiger partial charge in [-0.25, -0.2) is 0 Å². The summed E-state index contributed by atoms with van der Waals surface area (Å²) in [7, 11) is 0. The highest BCUT2D eigenvalue weighted by Gasteiger charge is 1.84. The lowest BCUT2D eigenvalue weighted by atomic mass is 10.7. The summed E-state index contributed by atoms with van der Waals surface area (Å²) in [6.45, 7) is 3.93. The molecular formula is C4H10Cl2NS-. The quantitative estimate of drug-likeness (QED) is 0.346. The van der Waals surface area contributed by atoms with Crippen molar-refractivity contribution in [3.8, 4) is 0 Å². The number of alkyl halides is 1. The van der Waals surface area contributed by atoms with Gasteiger partial charge in [-0.3, -0.25) is 0 Å². The van der Waals surface area contributed by atoms with Crippen LogP contribution >= 0.6 is 11.6 Å². The molecule has 0 saturated carbocycles. The molecule has 0 spiro atoms. The van der Waals surface area contributed by atoms with Gasteiger partial charge in [0, 0.05) is 0 Å². The van der Waals surface area contributed by atoms with E-state index in [0.29, 0.717) is 5.88 Å². The van der Waals surface area contributed by atoms with Crippen LogP contribution in [0.25, 0.3) is 0 Å². The molecule has 0 amide bonds. The van der Waals surface area contributed by atoms with Crippen molar-refractivity contribution in [3.05, 3.63) is 0 Å². The Balaban J connectivity index is 0. The molecule has 0 aromatic heterocycles. The van der Waals surface area contributed by atoms with E-state index < -0.39 is 0 Å². The average molecular weight is 175 g/mol. The molecule has 0 aromatic rings. The van der Waals surface area contributed by atoms with Crippen molar-refractivity contribution in [2.75, 3.05) is 19.0 Å². The summed E-state index contributed by atoms with van der Waals surface area (Å²) in [4.78, 5) is 0. The molecule has 0 aromatic carbocycles. The largest absolute Gasteiger partial charge is 1.00 e. The first-order valence-electron chi connectivity index (χ1n) is 2.39. The molecule has 0 radical (unpaired) electrons. The van der Waals surface area contributed by atoms with Crippen molar-refractivity contribution in [2.45, 2.75) is 6.92 Å². The molecule has 0 heterocycles. The highest BCUT2D eigenvalue weighted by atomic mass is 35.5. The van der Waals surface area contributed by atoms with Crippen LogP contribution < -0.4 is 16.7 Å². The topological polar surface area (TPSA) is 4.44 Å². The molecule has 0 saturated heterocycles. The number of quaternary nitrogens is 1. The van der Waals surface area contributed by atoms with Crippen LogP contribution in [0.15, 0.2) is 0 Å². The molecule has 0 fully saturated rings. The molecule has 0 aliphatic carbocycles. The van der Waals surface area contributed by atoms with Gasteiger partial charge >= 0.3 is 0 Å².